The molecule has 200 valence electrons. The average molecular weight is 509 g/mol. The summed E-state index contributed by atoms with van der Waals surface area (Å²) in [6.07, 6.45) is 4.17. The number of hydrogen-bond donors (Lipinski definition) is 0. The molecule has 0 N–H and O–H groups in total. The molecular formula is C29H40N4O4. The second kappa shape index (κ2) is 13.4. The van der Waals surface area contributed by atoms with Crippen LogP contribution in [0.2, 0.25) is 0 Å². The Hall–Kier alpha value is -3.10. The normalized spacial score (nSPS) is 14.7. The van der Waals surface area contributed by atoms with Gasteiger partial charge in [-0.25, -0.2) is 4.98 Å². The molecule has 0 spiro atoms. The van der Waals surface area contributed by atoms with Crippen LogP contribution in [0.1, 0.15) is 32.1 Å². The van der Waals surface area contributed by atoms with Crippen molar-refractivity contribution in [1.29, 1.82) is 0 Å². The van der Waals surface area contributed by atoms with Crippen LogP contribution < -0.4 is 9.47 Å². The Kier molecular flexibility index (Phi) is 9.79. The molecule has 0 atom stereocenters. The van der Waals surface area contributed by atoms with Crippen LogP contribution in [-0.2, 0) is 16.1 Å². The lowest BCUT2D eigenvalue weighted by Gasteiger charge is -2.32. The summed E-state index contributed by atoms with van der Waals surface area (Å²) in [6, 6.07) is 14.3. The first-order chi connectivity index (χ1) is 18.1. The molecule has 0 aliphatic carbocycles. The number of nitrogens with zero attached hydrogens (tertiary/aromatic N) is 4. The van der Waals surface area contributed by atoms with E-state index in [1.165, 1.54) is 7.11 Å². The van der Waals surface area contributed by atoms with E-state index in [-0.39, 0.29) is 5.97 Å². The topological polar surface area (TPSA) is 69.1 Å². The van der Waals surface area contributed by atoms with Crippen molar-refractivity contribution < 1.29 is 19.0 Å². The Morgan fingerprint density at radius 1 is 0.892 bits per heavy atom. The van der Waals surface area contributed by atoms with Crippen LogP contribution in [0.5, 0.6) is 11.5 Å². The minimum absolute atomic E-state index is 0.153. The summed E-state index contributed by atoms with van der Waals surface area (Å²) in [5.74, 6) is 2.50. The molecule has 0 unspecified atom stereocenters. The summed E-state index contributed by atoms with van der Waals surface area (Å²) in [5, 5.41) is 0. The van der Waals surface area contributed by atoms with Gasteiger partial charge in [0, 0.05) is 50.8 Å². The molecule has 1 fully saturated rings. The number of likely N-dealkylation sites (N-methyl/N-ethyl adjacent to an activating group) is 1. The van der Waals surface area contributed by atoms with Crippen molar-refractivity contribution in [1.82, 2.24) is 19.4 Å². The molecule has 37 heavy (non-hydrogen) atoms. The highest BCUT2D eigenvalue weighted by atomic mass is 16.5. The Bertz CT molecular complexity index is 1140. The molecule has 8 heteroatoms. The van der Waals surface area contributed by atoms with E-state index in [0.29, 0.717) is 13.0 Å². The Morgan fingerprint density at radius 2 is 1.65 bits per heavy atom. The van der Waals surface area contributed by atoms with E-state index in [0.717, 1.165) is 98.9 Å². The summed E-state index contributed by atoms with van der Waals surface area (Å²) >= 11 is 0. The van der Waals surface area contributed by atoms with Gasteiger partial charge in [0.2, 0.25) is 0 Å². The highest BCUT2D eigenvalue weighted by molar-refractivity contribution is 5.82. The molecular weight excluding hydrogens is 468 g/mol. The third-order valence-electron chi connectivity index (χ3n) is 7.04. The van der Waals surface area contributed by atoms with E-state index >= 15 is 0 Å². The first-order valence-corrected chi connectivity index (χ1v) is 13.3. The van der Waals surface area contributed by atoms with Crippen LogP contribution in [0, 0.1) is 0 Å². The predicted octanol–water partition coefficient (Wildman–Crippen LogP) is 4.46. The van der Waals surface area contributed by atoms with Crippen molar-refractivity contribution in [3.8, 4) is 22.9 Å². The van der Waals surface area contributed by atoms with Crippen molar-refractivity contribution in [2.45, 2.75) is 38.6 Å². The fourth-order valence-electron chi connectivity index (χ4n) is 4.74. The zero-order chi connectivity index (χ0) is 26.0. The number of imidazole rings is 1. The Balaban J connectivity index is 1.46. The van der Waals surface area contributed by atoms with Gasteiger partial charge in [-0.3, -0.25) is 4.79 Å². The van der Waals surface area contributed by atoms with Crippen LogP contribution >= 0.6 is 0 Å². The Labute approximate surface area is 220 Å². The van der Waals surface area contributed by atoms with E-state index in [4.69, 9.17) is 19.2 Å². The predicted molar refractivity (Wildman–Crippen MR) is 146 cm³/mol. The van der Waals surface area contributed by atoms with E-state index in [2.05, 4.69) is 39.6 Å². The van der Waals surface area contributed by atoms with Crippen molar-refractivity contribution in [3.63, 3.8) is 0 Å². The number of fused-ring (bicyclic) bond motifs is 1. The van der Waals surface area contributed by atoms with Crippen LogP contribution in [0.4, 0.5) is 0 Å². The molecule has 1 aromatic heterocycles. The first kappa shape index (κ1) is 26.9. The van der Waals surface area contributed by atoms with Gasteiger partial charge in [-0.15, -0.1) is 0 Å². The number of carbonyl (C=O) groups is 1. The lowest BCUT2D eigenvalue weighted by molar-refractivity contribution is -0.140. The van der Waals surface area contributed by atoms with Crippen molar-refractivity contribution >= 4 is 17.0 Å². The van der Waals surface area contributed by atoms with E-state index in [9.17, 15) is 4.79 Å². The van der Waals surface area contributed by atoms with E-state index < -0.39 is 0 Å². The zero-order valence-corrected chi connectivity index (χ0v) is 22.4. The third-order valence-corrected chi connectivity index (χ3v) is 7.04. The van der Waals surface area contributed by atoms with Gasteiger partial charge in [0.1, 0.15) is 17.3 Å². The van der Waals surface area contributed by atoms with Crippen molar-refractivity contribution in [2.24, 2.45) is 0 Å². The lowest BCUT2D eigenvalue weighted by Crippen LogP contribution is -2.44. The maximum atomic E-state index is 11.3. The number of unbranched alkanes of at least 4 members (excludes halogenated alkanes) is 2. The quantitative estimate of drug-likeness (QED) is 0.249. The van der Waals surface area contributed by atoms with Gasteiger partial charge in [-0.05, 0) is 75.7 Å². The number of hydrogen-bond acceptors (Lipinski definition) is 7. The number of aromatic nitrogens is 2. The van der Waals surface area contributed by atoms with Gasteiger partial charge in [-0.1, -0.05) is 0 Å². The number of rotatable bonds is 13. The number of carbonyl (C=O) groups excluding carboxylic acids is 1. The molecule has 2 heterocycles. The molecule has 8 nitrogen and oxygen atoms in total. The summed E-state index contributed by atoms with van der Waals surface area (Å²) in [4.78, 5) is 21.2. The van der Waals surface area contributed by atoms with Crippen LogP contribution in [0.15, 0.2) is 42.5 Å². The summed E-state index contributed by atoms with van der Waals surface area (Å²) in [6.45, 7) is 7.12. The highest BCUT2D eigenvalue weighted by Crippen LogP contribution is 2.29. The summed E-state index contributed by atoms with van der Waals surface area (Å²) in [5.41, 5.74) is 3.13. The second-order valence-electron chi connectivity index (χ2n) is 9.70. The molecule has 4 rings (SSSR count). The summed E-state index contributed by atoms with van der Waals surface area (Å²) < 4.78 is 18.5. The standard InChI is InChI=1S/C29H40N4O4/c1-31-17-19-32(20-18-31)15-7-16-33-27-22-25(37-21-6-4-5-8-28(34)36-3)13-14-26(27)30-29(33)23-9-11-24(35-2)12-10-23/h9-14,22H,4-8,15-21H2,1-3H3. The zero-order valence-electron chi connectivity index (χ0n) is 22.4. The number of aryl methyl sites for hydroxylation is 1. The van der Waals surface area contributed by atoms with Crippen LogP contribution in [0.25, 0.3) is 22.4 Å². The molecule has 1 aliphatic rings. The smallest absolute Gasteiger partial charge is 0.305 e. The number of benzene rings is 2. The first-order valence-electron chi connectivity index (χ1n) is 13.3. The van der Waals surface area contributed by atoms with Gasteiger partial charge < -0.3 is 28.6 Å². The molecule has 1 aliphatic heterocycles. The monoisotopic (exact) mass is 508 g/mol. The molecule has 0 bridgehead atoms. The molecule has 0 saturated carbocycles. The minimum atomic E-state index is -0.153. The lowest BCUT2D eigenvalue weighted by atomic mass is 10.2. The Morgan fingerprint density at radius 3 is 2.38 bits per heavy atom. The number of esters is 1. The number of methoxy groups -OCH3 is 2. The van der Waals surface area contributed by atoms with Crippen LogP contribution in [0.3, 0.4) is 0 Å². The van der Waals surface area contributed by atoms with Crippen molar-refractivity contribution in [2.75, 3.05) is 60.6 Å². The molecule has 3 aromatic rings. The van der Waals surface area contributed by atoms with Gasteiger partial charge in [0.25, 0.3) is 0 Å². The molecule has 0 radical (unpaired) electrons. The summed E-state index contributed by atoms with van der Waals surface area (Å²) in [7, 11) is 5.31. The molecule has 0 amide bonds. The SMILES string of the molecule is COC(=O)CCCCCOc1ccc2nc(-c3ccc(OC)cc3)n(CCCN3CCN(C)CC3)c2c1. The van der Waals surface area contributed by atoms with Gasteiger partial charge in [0.05, 0.1) is 31.9 Å². The molecule has 2 aromatic carbocycles. The minimum Gasteiger partial charge on any atom is -0.497 e. The molecule has 1 saturated heterocycles. The number of ether oxygens (including phenoxy) is 3. The van der Waals surface area contributed by atoms with Gasteiger partial charge in [-0.2, -0.15) is 0 Å². The van der Waals surface area contributed by atoms with E-state index in [1.54, 1.807) is 7.11 Å². The average Bonchev–Trinajstić information content (AvgIpc) is 3.29. The fraction of sp³-hybridized carbons (Fsp3) is 0.517. The van der Waals surface area contributed by atoms with E-state index in [1.807, 2.05) is 24.3 Å². The maximum Gasteiger partial charge on any atom is 0.305 e. The number of piperazine rings is 1. The third kappa shape index (κ3) is 7.46. The van der Waals surface area contributed by atoms with Crippen molar-refractivity contribution in [3.05, 3.63) is 42.5 Å². The fourth-order valence-corrected chi connectivity index (χ4v) is 4.74. The van der Waals surface area contributed by atoms with Gasteiger partial charge in [0.15, 0.2) is 0 Å². The highest BCUT2D eigenvalue weighted by Gasteiger charge is 2.16. The largest absolute Gasteiger partial charge is 0.497 e. The van der Waals surface area contributed by atoms with Crippen LogP contribution in [-0.4, -0.2) is 85.9 Å². The second-order valence-corrected chi connectivity index (χ2v) is 9.70. The maximum absolute atomic E-state index is 11.3. The van der Waals surface area contributed by atoms with Gasteiger partial charge >= 0.3 is 5.97 Å².